The Morgan fingerprint density at radius 3 is 1.39 bits per heavy atom. The maximum atomic E-state index is 6.97. The van der Waals surface area contributed by atoms with Crippen molar-refractivity contribution >= 4 is 49.8 Å². The summed E-state index contributed by atoms with van der Waals surface area (Å²) < 4.78 is 6.97. The predicted octanol–water partition coefficient (Wildman–Crippen LogP) is 14.9. The van der Waals surface area contributed by atoms with E-state index in [1.807, 2.05) is 0 Å². The van der Waals surface area contributed by atoms with Crippen molar-refractivity contribution < 1.29 is 4.42 Å². The van der Waals surface area contributed by atoms with E-state index < -0.39 is 0 Å². The topological polar surface area (TPSA) is 16.4 Å². The smallest absolute Gasteiger partial charge is 0.143 e. The second-order valence-corrected chi connectivity index (χ2v) is 13.7. The van der Waals surface area contributed by atoms with Crippen LogP contribution in [-0.2, 0) is 0 Å². The molecule has 0 atom stereocenters. The minimum atomic E-state index is 0.906. The molecule has 0 aliphatic rings. The van der Waals surface area contributed by atoms with Crippen molar-refractivity contribution in [3.8, 4) is 44.5 Å². The number of benzene rings is 9. The molecule has 54 heavy (non-hydrogen) atoms. The molecule has 0 aliphatic heterocycles. The molecule has 2 nitrogen and oxygen atoms in total. The van der Waals surface area contributed by atoms with E-state index in [1.165, 1.54) is 33.0 Å². The normalized spacial score (nSPS) is 11.3. The van der Waals surface area contributed by atoms with Gasteiger partial charge in [-0.1, -0.05) is 170 Å². The van der Waals surface area contributed by atoms with Crippen LogP contribution in [0.1, 0.15) is 0 Å². The number of hydrogen-bond donors (Lipinski definition) is 0. The van der Waals surface area contributed by atoms with E-state index >= 15 is 0 Å². The fourth-order valence-electron chi connectivity index (χ4n) is 7.82. The molecular weight excluding hydrogens is 655 g/mol. The van der Waals surface area contributed by atoms with Gasteiger partial charge in [0, 0.05) is 39.0 Å². The minimum absolute atomic E-state index is 0.906. The summed E-state index contributed by atoms with van der Waals surface area (Å²) in [5.74, 6) is 0. The largest absolute Gasteiger partial charge is 0.455 e. The number of furan rings is 1. The minimum Gasteiger partial charge on any atom is -0.455 e. The highest BCUT2D eigenvalue weighted by molar-refractivity contribution is 6.20. The van der Waals surface area contributed by atoms with Crippen LogP contribution < -0.4 is 4.90 Å². The summed E-state index contributed by atoms with van der Waals surface area (Å²) >= 11 is 0. The summed E-state index contributed by atoms with van der Waals surface area (Å²) in [5.41, 5.74) is 14.4. The fraction of sp³-hybridized carbons (Fsp3) is 0. The van der Waals surface area contributed by atoms with Gasteiger partial charge >= 0.3 is 0 Å². The molecule has 0 fully saturated rings. The number of hydrogen-bond acceptors (Lipinski definition) is 2. The van der Waals surface area contributed by atoms with Gasteiger partial charge < -0.3 is 9.32 Å². The van der Waals surface area contributed by atoms with Crippen molar-refractivity contribution in [2.75, 3.05) is 4.90 Å². The summed E-state index contributed by atoms with van der Waals surface area (Å²) in [4.78, 5) is 2.29. The van der Waals surface area contributed by atoms with E-state index in [-0.39, 0.29) is 0 Å². The van der Waals surface area contributed by atoms with Gasteiger partial charge in [-0.15, -0.1) is 0 Å². The Hall–Kier alpha value is -7.16. The first-order chi connectivity index (χ1) is 26.8. The van der Waals surface area contributed by atoms with Crippen molar-refractivity contribution in [3.05, 3.63) is 212 Å². The zero-order valence-electron chi connectivity index (χ0n) is 29.6. The Bertz CT molecular complexity index is 2840. The van der Waals surface area contributed by atoms with Crippen molar-refractivity contribution in [3.63, 3.8) is 0 Å². The number of para-hydroxylation sites is 3. The third-order valence-electron chi connectivity index (χ3n) is 10.5. The van der Waals surface area contributed by atoms with Gasteiger partial charge in [0.2, 0.25) is 0 Å². The van der Waals surface area contributed by atoms with E-state index in [2.05, 4.69) is 217 Å². The van der Waals surface area contributed by atoms with Gasteiger partial charge in [0.25, 0.3) is 0 Å². The first-order valence-corrected chi connectivity index (χ1v) is 18.4. The molecule has 10 rings (SSSR count). The van der Waals surface area contributed by atoms with Gasteiger partial charge in [-0.25, -0.2) is 0 Å². The summed E-state index contributed by atoms with van der Waals surface area (Å²) in [7, 11) is 0. The third kappa shape index (κ3) is 5.62. The highest BCUT2D eigenvalue weighted by Crippen LogP contribution is 2.44. The van der Waals surface area contributed by atoms with Crippen LogP contribution in [0.2, 0.25) is 0 Å². The molecule has 0 unspecified atom stereocenters. The molecule has 0 saturated heterocycles. The van der Waals surface area contributed by atoms with Gasteiger partial charge in [0.1, 0.15) is 11.2 Å². The Morgan fingerprint density at radius 2 is 0.759 bits per heavy atom. The highest BCUT2D eigenvalue weighted by atomic mass is 16.3. The lowest BCUT2D eigenvalue weighted by molar-refractivity contribution is 0.671. The molecule has 10 aromatic rings. The third-order valence-corrected chi connectivity index (χ3v) is 10.5. The van der Waals surface area contributed by atoms with E-state index in [0.29, 0.717) is 0 Å². The highest BCUT2D eigenvalue weighted by Gasteiger charge is 2.19. The van der Waals surface area contributed by atoms with Gasteiger partial charge in [0.15, 0.2) is 0 Å². The second-order valence-electron chi connectivity index (χ2n) is 13.7. The van der Waals surface area contributed by atoms with E-state index in [0.717, 1.165) is 61.3 Å². The van der Waals surface area contributed by atoms with Crippen LogP contribution >= 0.6 is 0 Å². The zero-order chi connectivity index (χ0) is 35.8. The Morgan fingerprint density at radius 1 is 0.296 bits per heavy atom. The molecule has 0 spiro atoms. The van der Waals surface area contributed by atoms with Crippen LogP contribution in [0.5, 0.6) is 0 Å². The number of fused-ring (bicyclic) bond motifs is 4. The molecule has 0 bridgehead atoms. The number of nitrogens with zero attached hydrogens (tertiary/aromatic N) is 1. The molecule has 2 heteroatoms. The average molecular weight is 690 g/mol. The Labute approximate surface area is 314 Å². The van der Waals surface area contributed by atoms with E-state index in [1.54, 1.807) is 0 Å². The second kappa shape index (κ2) is 13.4. The average Bonchev–Trinajstić information content (AvgIpc) is 3.63. The lowest BCUT2D eigenvalue weighted by Crippen LogP contribution is -2.09. The van der Waals surface area contributed by atoms with Gasteiger partial charge in [-0.2, -0.15) is 0 Å². The summed E-state index contributed by atoms with van der Waals surface area (Å²) in [6, 6.07) is 75.5. The maximum absolute atomic E-state index is 6.97. The molecule has 0 saturated carbocycles. The van der Waals surface area contributed by atoms with Crippen molar-refractivity contribution in [1.29, 1.82) is 0 Å². The molecule has 1 aromatic heterocycles. The summed E-state index contributed by atoms with van der Waals surface area (Å²) in [6.45, 7) is 0. The summed E-state index contributed by atoms with van der Waals surface area (Å²) in [5, 5.41) is 4.64. The van der Waals surface area contributed by atoms with Crippen molar-refractivity contribution in [2.45, 2.75) is 0 Å². The maximum Gasteiger partial charge on any atom is 0.143 e. The first-order valence-electron chi connectivity index (χ1n) is 18.4. The lowest BCUT2D eigenvalue weighted by atomic mass is 9.93. The van der Waals surface area contributed by atoms with Crippen LogP contribution in [0, 0.1) is 0 Å². The predicted molar refractivity (Wildman–Crippen MR) is 228 cm³/mol. The fourth-order valence-corrected chi connectivity index (χ4v) is 7.82. The molecular formula is C52H35NO. The zero-order valence-corrected chi connectivity index (χ0v) is 29.6. The number of rotatable bonds is 7. The molecule has 0 aliphatic carbocycles. The molecule has 254 valence electrons. The Balaban J connectivity index is 1.02. The van der Waals surface area contributed by atoms with Crippen molar-refractivity contribution in [2.24, 2.45) is 0 Å². The van der Waals surface area contributed by atoms with E-state index in [4.69, 9.17) is 4.42 Å². The van der Waals surface area contributed by atoms with Crippen LogP contribution in [-0.4, -0.2) is 0 Å². The first kappa shape index (κ1) is 31.6. The number of anilines is 3. The van der Waals surface area contributed by atoms with Gasteiger partial charge in [-0.05, 0) is 86.6 Å². The van der Waals surface area contributed by atoms with E-state index in [9.17, 15) is 0 Å². The summed E-state index contributed by atoms with van der Waals surface area (Å²) in [6.07, 6.45) is 0. The molecule has 0 amide bonds. The lowest BCUT2D eigenvalue weighted by Gasteiger charge is -2.25. The molecule has 9 aromatic carbocycles. The Kier molecular flexibility index (Phi) is 7.85. The SMILES string of the molecule is c1ccc(-c2ccc(-c3c4ccccc4cc4c3oc3c(-c5ccc(-c6ccc(N(c7ccccc7)c7ccccc7)cc6)cc5)cccc34)cc2)cc1. The van der Waals surface area contributed by atoms with Crippen LogP contribution in [0.3, 0.4) is 0 Å². The van der Waals surface area contributed by atoms with Gasteiger partial charge in [-0.3, -0.25) is 0 Å². The van der Waals surface area contributed by atoms with Crippen LogP contribution in [0.25, 0.3) is 77.2 Å². The molecule has 0 radical (unpaired) electrons. The standard InChI is InChI=1S/C52H35NO/c1-4-13-36(14-5-1)37-25-29-41(30-26-37)50-46-20-11-10-15-42(46)35-49-48-22-12-21-47(51(48)54-52(49)50)40-27-23-38(24-28-40)39-31-33-45(34-32-39)53(43-16-6-2-7-17-43)44-18-8-3-9-19-44/h1-35H. The van der Waals surface area contributed by atoms with Crippen LogP contribution in [0.15, 0.2) is 217 Å². The van der Waals surface area contributed by atoms with Gasteiger partial charge in [0.05, 0.1) is 0 Å². The monoisotopic (exact) mass is 689 g/mol. The molecule has 1 heterocycles. The van der Waals surface area contributed by atoms with Crippen molar-refractivity contribution in [1.82, 2.24) is 0 Å². The van der Waals surface area contributed by atoms with Crippen LogP contribution in [0.4, 0.5) is 17.1 Å². The molecule has 0 N–H and O–H groups in total. The quantitative estimate of drug-likeness (QED) is 0.166.